The number of carbonyl (C=O) groups excluding carboxylic acids is 2. The largest absolute Gasteiger partial charge is 0.317 e. The fourth-order valence-corrected chi connectivity index (χ4v) is 2.38. The zero-order chi connectivity index (χ0) is 16.3. The molecule has 0 fully saturated rings. The van der Waals surface area contributed by atoms with Crippen molar-refractivity contribution in [1.82, 2.24) is 0 Å². The first-order chi connectivity index (χ1) is 10.4. The van der Waals surface area contributed by atoms with Gasteiger partial charge in [0.15, 0.2) is 0 Å². The normalized spacial score (nSPS) is 10.2. The van der Waals surface area contributed by atoms with E-state index in [-0.39, 0.29) is 15.7 Å². The molecule has 0 aliphatic rings. The van der Waals surface area contributed by atoms with Gasteiger partial charge in [-0.25, -0.2) is 0 Å². The third kappa shape index (κ3) is 3.71. The molecule has 22 heavy (non-hydrogen) atoms. The number of nitrogens with one attached hydrogen (secondary N) is 2. The fraction of sp³-hybridized carbons (Fsp3) is 0.0667. The number of amides is 2. The van der Waals surface area contributed by atoms with Crippen LogP contribution in [0.3, 0.4) is 0 Å². The molecule has 2 rings (SSSR count). The number of para-hydroxylation sites is 1. The van der Waals surface area contributed by atoms with Crippen LogP contribution in [0.4, 0.5) is 11.4 Å². The van der Waals surface area contributed by atoms with Gasteiger partial charge in [-0.05, 0) is 36.8 Å². The minimum Gasteiger partial charge on any atom is -0.317 e. The second-order valence-electron chi connectivity index (χ2n) is 4.42. The van der Waals surface area contributed by atoms with Crippen LogP contribution in [0.1, 0.15) is 5.56 Å². The Balaban J connectivity index is 2.13. The molecular weight excluding hydrogens is 347 g/mol. The minimum absolute atomic E-state index is 0.189. The third-order valence-electron chi connectivity index (χ3n) is 2.92. The van der Waals surface area contributed by atoms with Crippen molar-refractivity contribution in [3.63, 3.8) is 0 Å². The standard InChI is InChI=1S/C15H11Cl3N2O2/c1-8-9(16)4-3-7-12(8)19-14(21)15(22)20-13-10(17)5-2-6-11(13)18/h2-7H,1H3,(H,19,21)(H,20,22). The lowest BCUT2D eigenvalue weighted by Gasteiger charge is -2.11. The van der Waals surface area contributed by atoms with Gasteiger partial charge < -0.3 is 10.6 Å². The summed E-state index contributed by atoms with van der Waals surface area (Å²) in [5.41, 5.74) is 1.31. The van der Waals surface area contributed by atoms with Crippen molar-refractivity contribution in [3.8, 4) is 0 Å². The summed E-state index contributed by atoms with van der Waals surface area (Å²) in [5, 5.41) is 5.85. The number of anilines is 2. The highest BCUT2D eigenvalue weighted by atomic mass is 35.5. The van der Waals surface area contributed by atoms with Gasteiger partial charge in [-0.1, -0.05) is 46.9 Å². The summed E-state index contributed by atoms with van der Waals surface area (Å²) >= 11 is 17.8. The maximum Gasteiger partial charge on any atom is 0.314 e. The monoisotopic (exact) mass is 356 g/mol. The first-order valence-corrected chi connectivity index (χ1v) is 7.35. The zero-order valence-corrected chi connectivity index (χ0v) is 13.7. The lowest BCUT2D eigenvalue weighted by Crippen LogP contribution is -2.29. The van der Waals surface area contributed by atoms with Gasteiger partial charge in [-0.15, -0.1) is 0 Å². The summed E-state index contributed by atoms with van der Waals surface area (Å²) < 4.78 is 0. The van der Waals surface area contributed by atoms with Gasteiger partial charge in [-0.2, -0.15) is 0 Å². The molecule has 114 valence electrons. The molecule has 4 nitrogen and oxygen atoms in total. The number of hydrogen-bond donors (Lipinski definition) is 2. The Morgan fingerprint density at radius 2 is 1.32 bits per heavy atom. The first kappa shape index (κ1) is 16.6. The van der Waals surface area contributed by atoms with Crippen molar-refractivity contribution in [2.24, 2.45) is 0 Å². The van der Waals surface area contributed by atoms with Crippen LogP contribution < -0.4 is 10.6 Å². The van der Waals surface area contributed by atoms with Crippen molar-refractivity contribution >= 4 is 58.0 Å². The van der Waals surface area contributed by atoms with Gasteiger partial charge >= 0.3 is 11.8 Å². The molecule has 0 aliphatic carbocycles. The summed E-state index contributed by atoms with van der Waals surface area (Å²) in [6.45, 7) is 1.74. The maximum atomic E-state index is 12.0. The average Bonchev–Trinajstić information content (AvgIpc) is 2.47. The van der Waals surface area contributed by atoms with E-state index in [9.17, 15) is 9.59 Å². The summed E-state index contributed by atoms with van der Waals surface area (Å²) in [6, 6.07) is 9.76. The van der Waals surface area contributed by atoms with Crippen LogP contribution in [0.15, 0.2) is 36.4 Å². The van der Waals surface area contributed by atoms with E-state index in [1.807, 2.05) is 0 Å². The highest BCUT2D eigenvalue weighted by Crippen LogP contribution is 2.29. The molecule has 0 aliphatic heterocycles. The maximum absolute atomic E-state index is 12.0. The van der Waals surface area contributed by atoms with Crippen LogP contribution in [-0.2, 0) is 9.59 Å². The van der Waals surface area contributed by atoms with Crippen LogP contribution in [0.2, 0.25) is 15.1 Å². The van der Waals surface area contributed by atoms with Crippen molar-refractivity contribution in [2.75, 3.05) is 10.6 Å². The molecule has 0 heterocycles. The molecule has 0 atom stereocenters. The molecule has 2 amide bonds. The lowest BCUT2D eigenvalue weighted by molar-refractivity contribution is -0.133. The van der Waals surface area contributed by atoms with Crippen LogP contribution in [0.5, 0.6) is 0 Å². The highest BCUT2D eigenvalue weighted by molar-refractivity contribution is 6.46. The third-order valence-corrected chi connectivity index (χ3v) is 3.96. The van der Waals surface area contributed by atoms with E-state index in [1.54, 1.807) is 43.3 Å². The Bertz CT molecular complexity index is 727. The van der Waals surface area contributed by atoms with E-state index in [4.69, 9.17) is 34.8 Å². The molecule has 2 aromatic rings. The molecule has 2 N–H and O–H groups in total. The SMILES string of the molecule is Cc1c(Cl)cccc1NC(=O)C(=O)Nc1c(Cl)cccc1Cl. The molecule has 0 saturated heterocycles. The Labute approximate surface area is 142 Å². The van der Waals surface area contributed by atoms with Crippen molar-refractivity contribution in [3.05, 3.63) is 57.0 Å². The number of hydrogen-bond acceptors (Lipinski definition) is 2. The molecular formula is C15H11Cl3N2O2. The number of carbonyl (C=O) groups is 2. The molecule has 0 saturated carbocycles. The van der Waals surface area contributed by atoms with E-state index in [0.29, 0.717) is 16.3 Å². The smallest absolute Gasteiger partial charge is 0.314 e. The van der Waals surface area contributed by atoms with E-state index in [1.165, 1.54) is 0 Å². The lowest BCUT2D eigenvalue weighted by atomic mass is 10.2. The predicted octanol–water partition coefficient (Wildman–Crippen LogP) is 4.53. The molecule has 0 bridgehead atoms. The topological polar surface area (TPSA) is 58.2 Å². The molecule has 0 spiro atoms. The minimum atomic E-state index is -0.880. The van der Waals surface area contributed by atoms with Crippen molar-refractivity contribution in [2.45, 2.75) is 6.92 Å². The summed E-state index contributed by atoms with van der Waals surface area (Å²) in [5.74, 6) is -1.73. The van der Waals surface area contributed by atoms with Crippen LogP contribution >= 0.6 is 34.8 Å². The van der Waals surface area contributed by atoms with Crippen LogP contribution in [0.25, 0.3) is 0 Å². The van der Waals surface area contributed by atoms with Gasteiger partial charge in [0.2, 0.25) is 0 Å². The molecule has 0 radical (unpaired) electrons. The predicted molar refractivity (Wildman–Crippen MR) is 89.9 cm³/mol. The average molecular weight is 358 g/mol. The molecule has 7 heteroatoms. The van der Waals surface area contributed by atoms with Crippen molar-refractivity contribution in [1.29, 1.82) is 0 Å². The second kappa shape index (κ2) is 7.01. The molecule has 2 aromatic carbocycles. The zero-order valence-electron chi connectivity index (χ0n) is 11.4. The number of benzene rings is 2. The first-order valence-electron chi connectivity index (χ1n) is 6.21. The number of rotatable bonds is 2. The van der Waals surface area contributed by atoms with E-state index >= 15 is 0 Å². The second-order valence-corrected chi connectivity index (χ2v) is 5.64. The van der Waals surface area contributed by atoms with Gasteiger partial charge in [0.1, 0.15) is 0 Å². The van der Waals surface area contributed by atoms with E-state index < -0.39 is 11.8 Å². The van der Waals surface area contributed by atoms with Gasteiger partial charge in [0, 0.05) is 10.7 Å². The molecule has 0 aromatic heterocycles. The Kier molecular flexibility index (Phi) is 5.29. The Morgan fingerprint density at radius 1 is 0.818 bits per heavy atom. The van der Waals surface area contributed by atoms with Crippen LogP contribution in [-0.4, -0.2) is 11.8 Å². The van der Waals surface area contributed by atoms with Gasteiger partial charge in [0.25, 0.3) is 0 Å². The van der Waals surface area contributed by atoms with E-state index in [0.717, 1.165) is 0 Å². The fourth-order valence-electron chi connectivity index (χ4n) is 1.71. The van der Waals surface area contributed by atoms with E-state index in [2.05, 4.69) is 10.6 Å². The summed E-state index contributed by atoms with van der Waals surface area (Å²) in [6.07, 6.45) is 0. The van der Waals surface area contributed by atoms with Gasteiger partial charge in [-0.3, -0.25) is 9.59 Å². The van der Waals surface area contributed by atoms with Crippen molar-refractivity contribution < 1.29 is 9.59 Å². The quantitative estimate of drug-likeness (QED) is 0.776. The Hall–Kier alpha value is -1.75. The number of halogens is 3. The summed E-state index contributed by atoms with van der Waals surface area (Å²) in [4.78, 5) is 23.9. The summed E-state index contributed by atoms with van der Waals surface area (Å²) in [7, 11) is 0. The highest BCUT2D eigenvalue weighted by Gasteiger charge is 2.18. The van der Waals surface area contributed by atoms with Crippen LogP contribution in [0, 0.1) is 6.92 Å². The molecule has 0 unspecified atom stereocenters. The van der Waals surface area contributed by atoms with Gasteiger partial charge in [0.05, 0.1) is 15.7 Å². The Morgan fingerprint density at radius 3 is 1.95 bits per heavy atom.